The summed E-state index contributed by atoms with van der Waals surface area (Å²) in [7, 11) is 4.09. The standard InChI is InChI=1S/C22H31N5OS.ClH/c1-14(2)27-17(5)13-19(24-27)21(28)26(10-8-9-25(6)7)22-23-18-12-15(3)11-16(4)20(18)29-22;/h11-14H,8-10H2,1-7H3;1H. The fourth-order valence-corrected chi connectivity index (χ4v) is 4.60. The Balaban J connectivity index is 0.00000320. The minimum atomic E-state index is -0.0836. The lowest BCUT2D eigenvalue weighted by Crippen LogP contribution is -2.33. The summed E-state index contributed by atoms with van der Waals surface area (Å²) in [6.45, 7) is 11.8. The highest BCUT2D eigenvalue weighted by Crippen LogP contribution is 2.33. The number of carbonyl (C=O) groups excluding carboxylic acids is 1. The Morgan fingerprint density at radius 1 is 1.13 bits per heavy atom. The predicted molar refractivity (Wildman–Crippen MR) is 129 cm³/mol. The van der Waals surface area contributed by atoms with Crippen molar-refractivity contribution in [2.45, 2.75) is 47.1 Å². The summed E-state index contributed by atoms with van der Waals surface area (Å²) in [5.41, 5.74) is 4.81. The zero-order valence-corrected chi connectivity index (χ0v) is 20.5. The maximum Gasteiger partial charge on any atom is 0.280 e. The Hall–Kier alpha value is -1.96. The molecule has 0 fully saturated rings. The number of aromatic nitrogens is 3. The van der Waals surface area contributed by atoms with E-state index in [1.54, 1.807) is 16.2 Å². The van der Waals surface area contributed by atoms with Gasteiger partial charge in [-0.3, -0.25) is 14.4 Å². The van der Waals surface area contributed by atoms with Crippen LogP contribution in [-0.2, 0) is 0 Å². The number of hydrogen-bond donors (Lipinski definition) is 0. The van der Waals surface area contributed by atoms with Crippen LogP contribution in [0.4, 0.5) is 5.13 Å². The predicted octanol–water partition coefficient (Wildman–Crippen LogP) is 5.02. The van der Waals surface area contributed by atoms with Gasteiger partial charge in [-0.2, -0.15) is 5.10 Å². The van der Waals surface area contributed by atoms with Gasteiger partial charge in [0.05, 0.1) is 10.2 Å². The Bertz CT molecular complexity index is 1020. The van der Waals surface area contributed by atoms with Gasteiger partial charge < -0.3 is 4.90 Å². The second-order valence-electron chi connectivity index (χ2n) is 8.25. The highest BCUT2D eigenvalue weighted by molar-refractivity contribution is 7.22. The van der Waals surface area contributed by atoms with Gasteiger partial charge in [-0.05, 0) is 84.9 Å². The van der Waals surface area contributed by atoms with Crippen LogP contribution in [0.1, 0.15) is 53.6 Å². The van der Waals surface area contributed by atoms with E-state index in [-0.39, 0.29) is 24.4 Å². The lowest BCUT2D eigenvalue weighted by molar-refractivity contribution is 0.0980. The molecule has 1 aromatic carbocycles. The van der Waals surface area contributed by atoms with Crippen LogP contribution >= 0.6 is 23.7 Å². The average Bonchev–Trinajstić information content (AvgIpc) is 3.21. The molecule has 0 bridgehead atoms. The fourth-order valence-electron chi connectivity index (χ4n) is 3.56. The molecule has 0 aliphatic carbocycles. The molecule has 2 aromatic heterocycles. The maximum absolute atomic E-state index is 13.4. The molecule has 3 rings (SSSR count). The van der Waals surface area contributed by atoms with E-state index in [1.807, 2.05) is 31.8 Å². The van der Waals surface area contributed by atoms with Crippen LogP contribution in [0.25, 0.3) is 10.2 Å². The van der Waals surface area contributed by atoms with E-state index in [0.717, 1.165) is 34.0 Å². The molecule has 0 spiro atoms. The van der Waals surface area contributed by atoms with Crippen molar-refractivity contribution in [1.82, 2.24) is 19.7 Å². The number of nitrogens with zero attached hydrogens (tertiary/aromatic N) is 5. The number of amides is 1. The van der Waals surface area contributed by atoms with Gasteiger partial charge in [0.25, 0.3) is 5.91 Å². The minimum absolute atomic E-state index is 0. The van der Waals surface area contributed by atoms with Crippen LogP contribution in [0.2, 0.25) is 0 Å². The summed E-state index contributed by atoms with van der Waals surface area (Å²) >= 11 is 1.59. The number of benzene rings is 1. The summed E-state index contributed by atoms with van der Waals surface area (Å²) in [4.78, 5) is 22.2. The number of halogens is 1. The molecular weight excluding hydrogens is 418 g/mol. The first kappa shape index (κ1) is 24.3. The van der Waals surface area contributed by atoms with Crippen LogP contribution in [0.5, 0.6) is 0 Å². The molecule has 1 amide bonds. The monoisotopic (exact) mass is 449 g/mol. The molecule has 8 heteroatoms. The number of rotatable bonds is 7. The van der Waals surface area contributed by atoms with E-state index in [4.69, 9.17) is 4.98 Å². The van der Waals surface area contributed by atoms with Gasteiger partial charge in [-0.15, -0.1) is 12.4 Å². The summed E-state index contributed by atoms with van der Waals surface area (Å²) in [5, 5.41) is 5.32. The molecule has 0 aliphatic rings. The Morgan fingerprint density at radius 3 is 2.43 bits per heavy atom. The number of thiazole rings is 1. The molecule has 30 heavy (non-hydrogen) atoms. The van der Waals surface area contributed by atoms with Crippen molar-refractivity contribution >= 4 is 45.0 Å². The largest absolute Gasteiger partial charge is 0.309 e. The lowest BCUT2D eigenvalue weighted by Gasteiger charge is -2.20. The third-order valence-electron chi connectivity index (χ3n) is 4.90. The van der Waals surface area contributed by atoms with Crippen molar-refractivity contribution in [3.63, 3.8) is 0 Å². The quantitative estimate of drug-likeness (QED) is 0.508. The summed E-state index contributed by atoms with van der Waals surface area (Å²) < 4.78 is 3.04. The van der Waals surface area contributed by atoms with Crippen molar-refractivity contribution in [3.8, 4) is 0 Å². The Labute approximate surface area is 189 Å². The SMILES string of the molecule is Cc1cc(C)c2sc(N(CCCN(C)C)C(=O)c3cc(C)n(C(C)C)n3)nc2c1.Cl. The number of carbonyl (C=O) groups is 1. The first-order chi connectivity index (χ1) is 13.7. The van der Waals surface area contributed by atoms with Crippen molar-refractivity contribution in [1.29, 1.82) is 0 Å². The molecule has 0 unspecified atom stereocenters. The van der Waals surface area contributed by atoms with Crippen LogP contribution in [-0.4, -0.2) is 52.8 Å². The second-order valence-corrected chi connectivity index (χ2v) is 9.23. The van der Waals surface area contributed by atoms with Gasteiger partial charge in [-0.25, -0.2) is 4.98 Å². The third kappa shape index (κ3) is 5.20. The molecule has 164 valence electrons. The normalized spacial score (nSPS) is 11.4. The van der Waals surface area contributed by atoms with Crippen LogP contribution in [0.15, 0.2) is 18.2 Å². The third-order valence-corrected chi connectivity index (χ3v) is 6.13. The molecule has 0 saturated carbocycles. The molecule has 2 heterocycles. The number of fused-ring (bicyclic) bond motifs is 1. The highest BCUT2D eigenvalue weighted by atomic mass is 35.5. The summed E-state index contributed by atoms with van der Waals surface area (Å²) in [6.07, 6.45) is 0.872. The number of hydrogen-bond acceptors (Lipinski definition) is 5. The fraction of sp³-hybridized carbons (Fsp3) is 0.500. The van der Waals surface area contributed by atoms with Crippen molar-refractivity contribution in [3.05, 3.63) is 40.7 Å². The molecular formula is C22H32ClN5OS. The number of aryl methyl sites for hydroxylation is 3. The topological polar surface area (TPSA) is 54.3 Å². The van der Waals surface area contributed by atoms with E-state index >= 15 is 0 Å². The van der Waals surface area contributed by atoms with Gasteiger partial charge in [0.15, 0.2) is 10.8 Å². The Kier molecular flexibility index (Phi) is 8.02. The minimum Gasteiger partial charge on any atom is -0.309 e. The zero-order chi connectivity index (χ0) is 21.3. The van der Waals surface area contributed by atoms with Gasteiger partial charge in [-0.1, -0.05) is 17.4 Å². The van der Waals surface area contributed by atoms with Gasteiger partial charge in [0, 0.05) is 18.3 Å². The van der Waals surface area contributed by atoms with E-state index in [1.165, 1.54) is 11.1 Å². The number of anilines is 1. The van der Waals surface area contributed by atoms with E-state index in [2.05, 4.69) is 49.8 Å². The van der Waals surface area contributed by atoms with Crippen LogP contribution < -0.4 is 4.90 Å². The first-order valence-corrected chi connectivity index (χ1v) is 10.9. The highest BCUT2D eigenvalue weighted by Gasteiger charge is 2.24. The zero-order valence-electron chi connectivity index (χ0n) is 18.9. The molecule has 3 aromatic rings. The van der Waals surface area contributed by atoms with Crippen molar-refractivity contribution in [2.24, 2.45) is 0 Å². The second kappa shape index (κ2) is 9.90. The molecule has 0 aliphatic heterocycles. The molecule has 0 saturated heterocycles. The molecule has 6 nitrogen and oxygen atoms in total. The molecule has 0 radical (unpaired) electrons. The first-order valence-electron chi connectivity index (χ1n) is 10.1. The van der Waals surface area contributed by atoms with Crippen LogP contribution in [0.3, 0.4) is 0 Å². The van der Waals surface area contributed by atoms with Crippen molar-refractivity contribution in [2.75, 3.05) is 32.1 Å². The maximum atomic E-state index is 13.4. The molecule has 0 N–H and O–H groups in total. The van der Waals surface area contributed by atoms with Gasteiger partial charge >= 0.3 is 0 Å². The summed E-state index contributed by atoms with van der Waals surface area (Å²) in [5.74, 6) is -0.0836. The van der Waals surface area contributed by atoms with Gasteiger partial charge in [0.2, 0.25) is 0 Å². The van der Waals surface area contributed by atoms with E-state index < -0.39 is 0 Å². The van der Waals surface area contributed by atoms with Gasteiger partial charge in [0.1, 0.15) is 0 Å². The van der Waals surface area contributed by atoms with Crippen LogP contribution in [0, 0.1) is 20.8 Å². The van der Waals surface area contributed by atoms with E-state index in [0.29, 0.717) is 12.2 Å². The molecule has 0 atom stereocenters. The lowest BCUT2D eigenvalue weighted by atomic mass is 10.1. The smallest absolute Gasteiger partial charge is 0.280 e. The summed E-state index contributed by atoms with van der Waals surface area (Å²) in [6, 6.07) is 6.34. The Morgan fingerprint density at radius 2 is 1.83 bits per heavy atom. The van der Waals surface area contributed by atoms with E-state index in [9.17, 15) is 4.79 Å². The average molecular weight is 450 g/mol. The van der Waals surface area contributed by atoms with Crippen molar-refractivity contribution < 1.29 is 4.79 Å².